The molecule has 0 radical (unpaired) electrons. The van der Waals surface area contributed by atoms with Crippen LogP contribution in [0.5, 0.6) is 0 Å². The van der Waals surface area contributed by atoms with Crippen LogP contribution in [-0.4, -0.2) is 64.1 Å². The van der Waals surface area contributed by atoms with Gasteiger partial charge in [0.2, 0.25) is 0 Å². The van der Waals surface area contributed by atoms with E-state index in [1.54, 1.807) is 4.68 Å². The van der Waals surface area contributed by atoms with Crippen LogP contribution in [0.2, 0.25) is 0 Å². The summed E-state index contributed by atoms with van der Waals surface area (Å²) in [5, 5.41) is 8.55. The first-order valence-corrected chi connectivity index (χ1v) is 12.8. The number of likely N-dealkylation sites (tertiary alicyclic amines) is 1. The summed E-state index contributed by atoms with van der Waals surface area (Å²) in [6, 6.07) is 11.9. The number of carbonyl (C=O) groups is 2. The Kier molecular flexibility index (Phi) is 7.08. The fourth-order valence-electron chi connectivity index (χ4n) is 5.21. The van der Waals surface area contributed by atoms with E-state index in [4.69, 9.17) is 4.98 Å². The van der Waals surface area contributed by atoms with Crippen LogP contribution >= 0.6 is 0 Å². The molecule has 1 N–H and O–H groups in total. The van der Waals surface area contributed by atoms with Gasteiger partial charge in [0.1, 0.15) is 12.1 Å². The standard InChI is InChI=1S/C27H34N6O2/c1-31-26-23(10-11-24(29-26)33-14-4-2-3-5-15-33)25(30-31)27(35)28-22-12-16-32(17-13-22)18-20-6-8-21(19-34)9-7-20/h6-11,19,22H,2-5,12-18H2,1H3,(H,28,35). The van der Waals surface area contributed by atoms with Gasteiger partial charge in [-0.05, 0) is 43.4 Å². The lowest BCUT2D eigenvalue weighted by atomic mass is 10.0. The molecule has 5 rings (SSSR count). The van der Waals surface area contributed by atoms with Crippen LogP contribution in [0, 0.1) is 0 Å². The number of piperidine rings is 1. The summed E-state index contributed by atoms with van der Waals surface area (Å²) in [6.07, 6.45) is 7.63. The Hall–Kier alpha value is -3.26. The maximum absolute atomic E-state index is 13.1. The molecule has 0 atom stereocenters. The molecule has 2 aromatic heterocycles. The molecule has 35 heavy (non-hydrogen) atoms. The van der Waals surface area contributed by atoms with E-state index in [1.807, 2.05) is 43.4 Å². The normalized spacial score (nSPS) is 17.9. The van der Waals surface area contributed by atoms with Gasteiger partial charge >= 0.3 is 0 Å². The van der Waals surface area contributed by atoms with Crippen LogP contribution in [0.1, 0.15) is 64.9 Å². The number of fused-ring (bicyclic) bond motifs is 1. The molecule has 0 bridgehead atoms. The second-order valence-electron chi connectivity index (χ2n) is 9.80. The van der Waals surface area contributed by atoms with Gasteiger partial charge in [-0.15, -0.1) is 0 Å². The second kappa shape index (κ2) is 10.6. The lowest BCUT2D eigenvalue weighted by Gasteiger charge is -2.32. The van der Waals surface area contributed by atoms with Crippen molar-refractivity contribution in [3.05, 3.63) is 53.2 Å². The monoisotopic (exact) mass is 474 g/mol. The van der Waals surface area contributed by atoms with Gasteiger partial charge in [-0.2, -0.15) is 5.10 Å². The lowest BCUT2D eigenvalue weighted by molar-refractivity contribution is 0.0904. The topological polar surface area (TPSA) is 83.4 Å². The number of hydrogen-bond donors (Lipinski definition) is 1. The van der Waals surface area contributed by atoms with E-state index < -0.39 is 0 Å². The Morgan fingerprint density at radius 3 is 2.40 bits per heavy atom. The zero-order chi connectivity index (χ0) is 24.2. The highest BCUT2D eigenvalue weighted by Crippen LogP contribution is 2.24. The third-order valence-corrected chi connectivity index (χ3v) is 7.26. The maximum Gasteiger partial charge on any atom is 0.272 e. The third-order valence-electron chi connectivity index (χ3n) is 7.26. The number of benzene rings is 1. The van der Waals surface area contributed by atoms with Gasteiger partial charge in [-0.1, -0.05) is 37.1 Å². The predicted molar refractivity (Wildman–Crippen MR) is 137 cm³/mol. The minimum absolute atomic E-state index is 0.122. The molecule has 8 heteroatoms. The van der Waals surface area contributed by atoms with E-state index in [1.165, 1.54) is 31.2 Å². The van der Waals surface area contributed by atoms with Crippen molar-refractivity contribution in [3.8, 4) is 0 Å². The first kappa shape index (κ1) is 23.5. The number of anilines is 1. The van der Waals surface area contributed by atoms with E-state index in [-0.39, 0.29) is 11.9 Å². The molecule has 2 aliphatic heterocycles. The molecule has 0 spiro atoms. The van der Waals surface area contributed by atoms with Gasteiger partial charge in [-0.25, -0.2) is 9.67 Å². The smallest absolute Gasteiger partial charge is 0.272 e. The zero-order valence-electron chi connectivity index (χ0n) is 20.4. The average Bonchev–Trinajstić information content (AvgIpc) is 3.04. The van der Waals surface area contributed by atoms with Crippen LogP contribution in [0.15, 0.2) is 36.4 Å². The highest BCUT2D eigenvalue weighted by molar-refractivity contribution is 6.04. The van der Waals surface area contributed by atoms with Crippen molar-refractivity contribution in [3.63, 3.8) is 0 Å². The lowest BCUT2D eigenvalue weighted by Crippen LogP contribution is -2.44. The maximum atomic E-state index is 13.1. The van der Waals surface area contributed by atoms with Crippen LogP contribution in [0.25, 0.3) is 11.0 Å². The SMILES string of the molecule is Cn1nc(C(=O)NC2CCN(Cc3ccc(C=O)cc3)CC2)c2ccc(N3CCCCCC3)nc21. The molecule has 0 aliphatic carbocycles. The molecular formula is C27H34N6O2. The van der Waals surface area contributed by atoms with Crippen molar-refractivity contribution < 1.29 is 9.59 Å². The zero-order valence-corrected chi connectivity index (χ0v) is 20.4. The average molecular weight is 475 g/mol. The van der Waals surface area contributed by atoms with Crippen LogP contribution in [0.3, 0.4) is 0 Å². The number of aryl methyl sites for hydroxylation is 1. The van der Waals surface area contributed by atoms with Crippen LogP contribution < -0.4 is 10.2 Å². The molecular weight excluding hydrogens is 440 g/mol. The molecule has 2 fully saturated rings. The van der Waals surface area contributed by atoms with E-state index in [2.05, 4.69) is 20.2 Å². The van der Waals surface area contributed by atoms with Gasteiger partial charge in [0.25, 0.3) is 5.91 Å². The minimum atomic E-state index is -0.122. The highest BCUT2D eigenvalue weighted by atomic mass is 16.2. The van der Waals surface area contributed by atoms with Gasteiger partial charge in [0, 0.05) is 51.4 Å². The van der Waals surface area contributed by atoms with Crippen molar-refractivity contribution in [1.29, 1.82) is 0 Å². The summed E-state index contributed by atoms with van der Waals surface area (Å²) < 4.78 is 1.73. The molecule has 4 heterocycles. The number of carbonyl (C=O) groups excluding carboxylic acids is 2. The Balaban J connectivity index is 1.20. The number of aldehydes is 1. The first-order valence-electron chi connectivity index (χ1n) is 12.8. The predicted octanol–water partition coefficient (Wildman–Crippen LogP) is 3.56. The molecule has 0 saturated carbocycles. The van der Waals surface area contributed by atoms with Crippen molar-refractivity contribution in [2.45, 2.75) is 51.1 Å². The molecule has 1 aromatic carbocycles. The number of nitrogens with one attached hydrogen (secondary N) is 1. The Labute approximate surface area is 206 Å². The largest absolute Gasteiger partial charge is 0.357 e. The number of pyridine rings is 1. The number of hydrogen-bond acceptors (Lipinski definition) is 6. The van der Waals surface area contributed by atoms with Gasteiger partial charge in [0.05, 0.1) is 5.39 Å². The fourth-order valence-corrected chi connectivity index (χ4v) is 5.21. The van der Waals surface area contributed by atoms with Crippen molar-refractivity contribution in [1.82, 2.24) is 25.0 Å². The van der Waals surface area contributed by atoms with Gasteiger partial charge < -0.3 is 10.2 Å². The molecule has 2 saturated heterocycles. The molecule has 8 nitrogen and oxygen atoms in total. The fraction of sp³-hybridized carbons (Fsp3) is 0.481. The number of nitrogens with zero attached hydrogens (tertiary/aromatic N) is 5. The number of rotatable bonds is 6. The van der Waals surface area contributed by atoms with Gasteiger partial charge in [-0.3, -0.25) is 14.5 Å². The van der Waals surface area contributed by atoms with Gasteiger partial charge in [0.15, 0.2) is 11.3 Å². The van der Waals surface area contributed by atoms with Crippen molar-refractivity contribution in [2.24, 2.45) is 7.05 Å². The summed E-state index contributed by atoms with van der Waals surface area (Å²) in [5.74, 6) is 0.852. The summed E-state index contributed by atoms with van der Waals surface area (Å²) in [4.78, 5) is 33.6. The van der Waals surface area contributed by atoms with Crippen LogP contribution in [0.4, 0.5) is 5.82 Å². The first-order chi connectivity index (χ1) is 17.1. The minimum Gasteiger partial charge on any atom is -0.357 e. The summed E-state index contributed by atoms with van der Waals surface area (Å²) in [7, 11) is 1.86. The summed E-state index contributed by atoms with van der Waals surface area (Å²) in [5.41, 5.74) is 3.11. The molecule has 2 aliphatic rings. The molecule has 184 valence electrons. The van der Waals surface area contributed by atoms with E-state index in [0.29, 0.717) is 11.3 Å². The number of aromatic nitrogens is 3. The highest BCUT2D eigenvalue weighted by Gasteiger charge is 2.24. The summed E-state index contributed by atoms with van der Waals surface area (Å²) >= 11 is 0. The van der Waals surface area contributed by atoms with Crippen molar-refractivity contribution >= 4 is 29.0 Å². The van der Waals surface area contributed by atoms with E-state index >= 15 is 0 Å². The van der Waals surface area contributed by atoms with Crippen LogP contribution in [-0.2, 0) is 13.6 Å². The Morgan fingerprint density at radius 2 is 1.71 bits per heavy atom. The Bertz CT molecular complexity index is 1170. The Morgan fingerprint density at radius 1 is 1.00 bits per heavy atom. The van der Waals surface area contributed by atoms with E-state index in [9.17, 15) is 9.59 Å². The van der Waals surface area contributed by atoms with Crippen molar-refractivity contribution in [2.75, 3.05) is 31.1 Å². The van der Waals surface area contributed by atoms with E-state index in [0.717, 1.165) is 68.7 Å². The molecule has 0 unspecified atom stereocenters. The summed E-state index contributed by atoms with van der Waals surface area (Å²) in [6.45, 7) is 4.77. The number of amides is 1. The third kappa shape index (κ3) is 5.37. The second-order valence-corrected chi connectivity index (χ2v) is 9.80. The quantitative estimate of drug-likeness (QED) is 0.550. The molecule has 1 amide bonds. The molecule has 3 aromatic rings.